The SMILES string of the molecule is CC(C)C(C)NC(=O)CN1CCN(Cc2ccccn2)CC1. The first-order valence-corrected chi connectivity index (χ1v) is 8.18. The van der Waals surface area contributed by atoms with Crippen molar-refractivity contribution in [2.45, 2.75) is 33.4 Å². The Morgan fingerprint density at radius 1 is 1.18 bits per heavy atom. The maximum Gasteiger partial charge on any atom is 0.234 e. The number of piperazine rings is 1. The monoisotopic (exact) mass is 304 g/mol. The molecule has 122 valence electrons. The fraction of sp³-hybridized carbons (Fsp3) is 0.647. The fourth-order valence-corrected chi connectivity index (χ4v) is 2.50. The topological polar surface area (TPSA) is 48.5 Å². The van der Waals surface area contributed by atoms with E-state index >= 15 is 0 Å². The summed E-state index contributed by atoms with van der Waals surface area (Å²) in [7, 11) is 0. The third-order valence-electron chi connectivity index (χ3n) is 4.33. The highest BCUT2D eigenvalue weighted by atomic mass is 16.2. The van der Waals surface area contributed by atoms with Gasteiger partial charge in [-0.2, -0.15) is 0 Å². The molecular weight excluding hydrogens is 276 g/mol. The number of rotatable bonds is 6. The average molecular weight is 304 g/mol. The predicted octanol–water partition coefficient (Wildman–Crippen LogP) is 1.36. The van der Waals surface area contributed by atoms with E-state index in [0.717, 1.165) is 38.4 Å². The van der Waals surface area contributed by atoms with E-state index in [2.05, 4.69) is 46.9 Å². The summed E-state index contributed by atoms with van der Waals surface area (Å²) in [5.41, 5.74) is 1.11. The van der Waals surface area contributed by atoms with Crippen LogP contribution in [0.5, 0.6) is 0 Å². The predicted molar refractivity (Wildman–Crippen MR) is 88.4 cm³/mol. The molecule has 1 unspecified atom stereocenters. The minimum Gasteiger partial charge on any atom is -0.352 e. The van der Waals surface area contributed by atoms with Crippen molar-refractivity contribution in [1.82, 2.24) is 20.1 Å². The molecule has 22 heavy (non-hydrogen) atoms. The number of nitrogens with zero attached hydrogens (tertiary/aromatic N) is 3. The third kappa shape index (κ3) is 5.39. The molecule has 2 rings (SSSR count). The molecule has 5 nitrogen and oxygen atoms in total. The summed E-state index contributed by atoms with van der Waals surface area (Å²) >= 11 is 0. The van der Waals surface area contributed by atoms with Crippen molar-refractivity contribution in [3.8, 4) is 0 Å². The van der Waals surface area contributed by atoms with Crippen LogP contribution in [0.2, 0.25) is 0 Å². The van der Waals surface area contributed by atoms with Gasteiger partial charge in [0.25, 0.3) is 0 Å². The van der Waals surface area contributed by atoms with Crippen LogP contribution in [0.3, 0.4) is 0 Å². The number of carbonyl (C=O) groups is 1. The number of carbonyl (C=O) groups excluding carboxylic acids is 1. The largest absolute Gasteiger partial charge is 0.352 e. The first-order chi connectivity index (χ1) is 10.5. The molecule has 0 spiro atoms. The van der Waals surface area contributed by atoms with Gasteiger partial charge < -0.3 is 5.32 Å². The van der Waals surface area contributed by atoms with Crippen LogP contribution in [0.1, 0.15) is 26.5 Å². The summed E-state index contributed by atoms with van der Waals surface area (Å²) in [6.45, 7) is 11.6. The molecule has 1 aliphatic heterocycles. The highest BCUT2D eigenvalue weighted by Crippen LogP contribution is 2.06. The Balaban J connectivity index is 1.70. The van der Waals surface area contributed by atoms with Gasteiger partial charge in [-0.05, 0) is 25.0 Å². The van der Waals surface area contributed by atoms with Gasteiger partial charge in [-0.25, -0.2) is 0 Å². The second-order valence-corrected chi connectivity index (χ2v) is 6.47. The highest BCUT2D eigenvalue weighted by molar-refractivity contribution is 5.78. The van der Waals surface area contributed by atoms with E-state index in [1.165, 1.54) is 0 Å². The normalized spacial score (nSPS) is 18.4. The third-order valence-corrected chi connectivity index (χ3v) is 4.33. The fourth-order valence-electron chi connectivity index (χ4n) is 2.50. The van der Waals surface area contributed by atoms with Crippen molar-refractivity contribution in [1.29, 1.82) is 0 Å². The lowest BCUT2D eigenvalue weighted by molar-refractivity contribution is -0.123. The van der Waals surface area contributed by atoms with Crippen molar-refractivity contribution in [3.05, 3.63) is 30.1 Å². The second-order valence-electron chi connectivity index (χ2n) is 6.47. The van der Waals surface area contributed by atoms with E-state index in [0.29, 0.717) is 12.5 Å². The average Bonchev–Trinajstić information content (AvgIpc) is 2.50. The van der Waals surface area contributed by atoms with Gasteiger partial charge in [0.2, 0.25) is 5.91 Å². The van der Waals surface area contributed by atoms with Crippen LogP contribution in [0.15, 0.2) is 24.4 Å². The van der Waals surface area contributed by atoms with Crippen molar-refractivity contribution in [3.63, 3.8) is 0 Å². The van der Waals surface area contributed by atoms with E-state index in [1.807, 2.05) is 18.3 Å². The minimum absolute atomic E-state index is 0.138. The summed E-state index contributed by atoms with van der Waals surface area (Å²) in [5, 5.41) is 3.07. The first kappa shape index (κ1) is 16.9. The molecule has 0 saturated carbocycles. The van der Waals surface area contributed by atoms with Gasteiger partial charge >= 0.3 is 0 Å². The Labute approximate surface area is 133 Å². The van der Waals surface area contributed by atoms with Crippen LogP contribution in [0.25, 0.3) is 0 Å². The molecule has 1 amide bonds. The second kappa shape index (κ2) is 8.25. The maximum absolute atomic E-state index is 12.0. The minimum atomic E-state index is 0.138. The number of nitrogens with one attached hydrogen (secondary N) is 1. The van der Waals surface area contributed by atoms with Crippen molar-refractivity contribution >= 4 is 5.91 Å². The smallest absolute Gasteiger partial charge is 0.234 e. The van der Waals surface area contributed by atoms with Crippen LogP contribution in [-0.2, 0) is 11.3 Å². The molecule has 0 radical (unpaired) electrons. The Morgan fingerprint density at radius 3 is 2.45 bits per heavy atom. The van der Waals surface area contributed by atoms with Crippen LogP contribution < -0.4 is 5.32 Å². The van der Waals surface area contributed by atoms with E-state index in [9.17, 15) is 4.79 Å². The van der Waals surface area contributed by atoms with Gasteiger partial charge in [0.05, 0.1) is 12.2 Å². The van der Waals surface area contributed by atoms with Gasteiger partial charge in [0, 0.05) is 45.0 Å². The zero-order chi connectivity index (χ0) is 15.9. The molecule has 0 bridgehead atoms. The maximum atomic E-state index is 12.0. The molecule has 5 heteroatoms. The Morgan fingerprint density at radius 2 is 1.86 bits per heavy atom. The lowest BCUT2D eigenvalue weighted by Gasteiger charge is -2.34. The van der Waals surface area contributed by atoms with E-state index in [-0.39, 0.29) is 11.9 Å². The quantitative estimate of drug-likeness (QED) is 0.862. The van der Waals surface area contributed by atoms with Gasteiger partial charge in [0.1, 0.15) is 0 Å². The van der Waals surface area contributed by atoms with E-state index in [4.69, 9.17) is 0 Å². The van der Waals surface area contributed by atoms with Crippen molar-refractivity contribution in [2.24, 2.45) is 5.92 Å². The van der Waals surface area contributed by atoms with Gasteiger partial charge in [-0.1, -0.05) is 19.9 Å². The Kier molecular flexibility index (Phi) is 6.34. The standard InChI is InChI=1S/C17H28N4O/c1-14(2)15(3)19-17(22)13-21-10-8-20(9-11-21)12-16-6-4-5-7-18-16/h4-7,14-15H,8-13H2,1-3H3,(H,19,22). The summed E-state index contributed by atoms with van der Waals surface area (Å²) in [6.07, 6.45) is 1.84. The number of hydrogen-bond donors (Lipinski definition) is 1. The molecule has 0 aromatic carbocycles. The number of hydrogen-bond acceptors (Lipinski definition) is 4. The van der Waals surface area contributed by atoms with Crippen LogP contribution >= 0.6 is 0 Å². The Hall–Kier alpha value is -1.46. The van der Waals surface area contributed by atoms with Crippen LogP contribution in [-0.4, -0.2) is 59.5 Å². The van der Waals surface area contributed by atoms with Gasteiger partial charge in [-0.15, -0.1) is 0 Å². The molecule has 1 atom stereocenters. The molecule has 1 aromatic heterocycles. The van der Waals surface area contributed by atoms with E-state index < -0.39 is 0 Å². The van der Waals surface area contributed by atoms with Crippen LogP contribution in [0.4, 0.5) is 0 Å². The first-order valence-electron chi connectivity index (χ1n) is 8.18. The summed E-state index contributed by atoms with van der Waals surface area (Å²) in [5.74, 6) is 0.610. The van der Waals surface area contributed by atoms with Crippen molar-refractivity contribution in [2.75, 3.05) is 32.7 Å². The zero-order valence-corrected chi connectivity index (χ0v) is 14.0. The highest BCUT2D eigenvalue weighted by Gasteiger charge is 2.20. The molecule has 1 aromatic rings. The molecular formula is C17H28N4O. The zero-order valence-electron chi connectivity index (χ0n) is 14.0. The summed E-state index contributed by atoms with van der Waals surface area (Å²) < 4.78 is 0. The van der Waals surface area contributed by atoms with E-state index in [1.54, 1.807) is 0 Å². The molecule has 1 fully saturated rings. The van der Waals surface area contributed by atoms with Gasteiger partial charge in [-0.3, -0.25) is 19.6 Å². The molecule has 2 heterocycles. The van der Waals surface area contributed by atoms with Crippen molar-refractivity contribution < 1.29 is 4.79 Å². The summed E-state index contributed by atoms with van der Waals surface area (Å²) in [6, 6.07) is 6.27. The lowest BCUT2D eigenvalue weighted by Crippen LogP contribution is -2.50. The van der Waals surface area contributed by atoms with Crippen LogP contribution in [0, 0.1) is 5.92 Å². The Bertz CT molecular complexity index is 455. The molecule has 1 N–H and O–H groups in total. The van der Waals surface area contributed by atoms with Gasteiger partial charge in [0.15, 0.2) is 0 Å². The number of amides is 1. The number of aromatic nitrogens is 1. The molecule has 1 saturated heterocycles. The molecule has 0 aliphatic carbocycles. The lowest BCUT2D eigenvalue weighted by atomic mass is 10.1. The number of pyridine rings is 1. The summed E-state index contributed by atoms with van der Waals surface area (Å²) in [4.78, 5) is 21.0. The molecule has 1 aliphatic rings.